The molecule has 3 nitrogen and oxygen atoms in total. The van der Waals surface area contributed by atoms with Crippen LogP contribution in [0.15, 0.2) is 22.7 Å². The number of cyclic esters (lactones) is 1. The Kier molecular flexibility index (Phi) is 3.48. The molecule has 1 aromatic carbocycles. The van der Waals surface area contributed by atoms with E-state index in [9.17, 15) is 4.79 Å². The standard InChI is InChI=1S/C14H15BrClNO2/c15-12-4-3-11(16)7-10(12)8-17-13(18)19-9-14(17)5-1-2-6-14/h3-4,7H,1-2,5-6,8-9H2. The lowest BCUT2D eigenvalue weighted by Gasteiger charge is -2.31. The Morgan fingerprint density at radius 3 is 2.84 bits per heavy atom. The predicted molar refractivity (Wildman–Crippen MR) is 77.2 cm³/mol. The zero-order chi connectivity index (χ0) is 13.5. The van der Waals surface area contributed by atoms with Crippen LogP contribution in [-0.4, -0.2) is 23.1 Å². The second-order valence-electron chi connectivity index (χ2n) is 5.31. The van der Waals surface area contributed by atoms with Gasteiger partial charge in [0.25, 0.3) is 0 Å². The van der Waals surface area contributed by atoms with E-state index in [0.717, 1.165) is 22.9 Å². The summed E-state index contributed by atoms with van der Waals surface area (Å²) in [4.78, 5) is 13.9. The fraction of sp³-hybridized carbons (Fsp3) is 0.500. The van der Waals surface area contributed by atoms with E-state index in [-0.39, 0.29) is 11.6 Å². The van der Waals surface area contributed by atoms with E-state index in [4.69, 9.17) is 16.3 Å². The predicted octanol–water partition coefficient (Wildman–Crippen LogP) is 4.37. The second-order valence-corrected chi connectivity index (χ2v) is 6.60. The van der Waals surface area contributed by atoms with Gasteiger partial charge < -0.3 is 4.74 Å². The van der Waals surface area contributed by atoms with Gasteiger partial charge in [-0.1, -0.05) is 40.4 Å². The third-order valence-electron chi connectivity index (χ3n) is 4.13. The molecule has 19 heavy (non-hydrogen) atoms. The molecule has 3 rings (SSSR count). The van der Waals surface area contributed by atoms with E-state index in [0.29, 0.717) is 18.2 Å². The van der Waals surface area contributed by atoms with Crippen LogP contribution in [0.4, 0.5) is 4.79 Å². The van der Waals surface area contributed by atoms with Crippen LogP contribution in [-0.2, 0) is 11.3 Å². The van der Waals surface area contributed by atoms with E-state index in [1.165, 1.54) is 12.8 Å². The molecule has 5 heteroatoms. The van der Waals surface area contributed by atoms with Gasteiger partial charge in [0.2, 0.25) is 0 Å². The third kappa shape index (κ3) is 2.36. The van der Waals surface area contributed by atoms with Crippen LogP contribution in [0.5, 0.6) is 0 Å². The Hall–Kier alpha value is -0.740. The normalized spacial score (nSPS) is 21.2. The van der Waals surface area contributed by atoms with Gasteiger partial charge in [0, 0.05) is 9.50 Å². The first-order valence-corrected chi connectivity index (χ1v) is 7.66. The van der Waals surface area contributed by atoms with Gasteiger partial charge in [-0.3, -0.25) is 4.90 Å². The number of ether oxygens (including phenoxy) is 1. The molecule has 1 saturated heterocycles. The number of carbonyl (C=O) groups excluding carboxylic acids is 1. The lowest BCUT2D eigenvalue weighted by molar-refractivity contribution is 0.147. The molecule has 0 N–H and O–H groups in total. The molecular weight excluding hydrogens is 330 g/mol. The van der Waals surface area contributed by atoms with Crippen molar-refractivity contribution in [1.82, 2.24) is 4.90 Å². The highest BCUT2D eigenvalue weighted by atomic mass is 79.9. The van der Waals surface area contributed by atoms with Crippen LogP contribution in [0.25, 0.3) is 0 Å². The Morgan fingerprint density at radius 2 is 2.11 bits per heavy atom. The van der Waals surface area contributed by atoms with Gasteiger partial charge in [-0.15, -0.1) is 0 Å². The van der Waals surface area contributed by atoms with Crippen LogP contribution in [0, 0.1) is 0 Å². The van der Waals surface area contributed by atoms with E-state index >= 15 is 0 Å². The molecule has 0 bridgehead atoms. The lowest BCUT2D eigenvalue weighted by Crippen LogP contribution is -2.44. The molecule has 0 aromatic heterocycles. The van der Waals surface area contributed by atoms with E-state index in [1.54, 1.807) is 0 Å². The molecule has 0 radical (unpaired) electrons. The van der Waals surface area contributed by atoms with Gasteiger partial charge in [-0.25, -0.2) is 4.79 Å². The summed E-state index contributed by atoms with van der Waals surface area (Å²) in [6.07, 6.45) is 4.22. The van der Waals surface area contributed by atoms with Crippen molar-refractivity contribution in [2.75, 3.05) is 6.61 Å². The first-order chi connectivity index (χ1) is 9.11. The van der Waals surface area contributed by atoms with Crippen LogP contribution in [0.3, 0.4) is 0 Å². The molecule has 0 atom stereocenters. The van der Waals surface area contributed by atoms with Gasteiger partial charge >= 0.3 is 6.09 Å². The maximum atomic E-state index is 12.0. The minimum absolute atomic E-state index is 0.0845. The van der Waals surface area contributed by atoms with E-state index < -0.39 is 0 Å². The molecule has 0 unspecified atom stereocenters. The van der Waals surface area contributed by atoms with Crippen molar-refractivity contribution in [2.24, 2.45) is 0 Å². The number of hydrogen-bond donors (Lipinski definition) is 0. The quantitative estimate of drug-likeness (QED) is 0.797. The van der Waals surface area contributed by atoms with E-state index in [1.807, 2.05) is 23.1 Å². The fourth-order valence-electron chi connectivity index (χ4n) is 3.06. The Labute approximate surface area is 126 Å². The average Bonchev–Trinajstić information content (AvgIpc) is 2.97. The summed E-state index contributed by atoms with van der Waals surface area (Å²) in [7, 11) is 0. The largest absolute Gasteiger partial charge is 0.447 e. The Bertz CT molecular complexity index is 514. The number of rotatable bonds is 2. The maximum Gasteiger partial charge on any atom is 0.410 e. The molecule has 1 aromatic rings. The highest BCUT2D eigenvalue weighted by Gasteiger charge is 2.48. The first-order valence-electron chi connectivity index (χ1n) is 6.49. The lowest BCUT2D eigenvalue weighted by atomic mass is 9.97. The fourth-order valence-corrected chi connectivity index (χ4v) is 3.63. The minimum atomic E-state index is -0.200. The van der Waals surface area contributed by atoms with Crippen LogP contribution in [0.2, 0.25) is 5.02 Å². The molecule has 2 aliphatic rings. The molecule has 102 valence electrons. The number of benzene rings is 1. The summed E-state index contributed by atoms with van der Waals surface area (Å²) in [5.41, 5.74) is 0.941. The van der Waals surface area contributed by atoms with Gasteiger partial charge in [0.05, 0.1) is 12.1 Å². The molecule has 1 amide bonds. The van der Waals surface area contributed by atoms with Crippen molar-refractivity contribution in [2.45, 2.75) is 37.8 Å². The first kappa shape index (κ1) is 13.3. The maximum absolute atomic E-state index is 12.0. The molecule has 1 saturated carbocycles. The summed E-state index contributed by atoms with van der Waals surface area (Å²) in [6.45, 7) is 1.09. The number of halogens is 2. The molecular formula is C14H15BrClNO2. The van der Waals surface area contributed by atoms with Crippen LogP contribution >= 0.6 is 27.5 Å². The van der Waals surface area contributed by atoms with Crippen molar-refractivity contribution in [3.05, 3.63) is 33.3 Å². The summed E-state index contributed by atoms with van der Waals surface area (Å²) in [5, 5.41) is 0.686. The number of carbonyl (C=O) groups is 1. The molecule has 1 aliphatic carbocycles. The number of hydrogen-bond acceptors (Lipinski definition) is 2. The smallest absolute Gasteiger partial charge is 0.410 e. The van der Waals surface area contributed by atoms with Gasteiger partial charge in [0.1, 0.15) is 6.61 Å². The number of amides is 1. The molecule has 1 spiro atoms. The van der Waals surface area contributed by atoms with Crippen molar-refractivity contribution < 1.29 is 9.53 Å². The van der Waals surface area contributed by atoms with Crippen molar-refractivity contribution >= 4 is 33.6 Å². The van der Waals surface area contributed by atoms with E-state index in [2.05, 4.69) is 15.9 Å². The highest BCUT2D eigenvalue weighted by molar-refractivity contribution is 9.10. The second kappa shape index (κ2) is 4.98. The average molecular weight is 345 g/mol. The summed E-state index contributed by atoms with van der Waals surface area (Å²) < 4.78 is 6.26. The third-order valence-corrected chi connectivity index (χ3v) is 5.14. The highest BCUT2D eigenvalue weighted by Crippen LogP contribution is 2.41. The van der Waals surface area contributed by atoms with Crippen molar-refractivity contribution in [3.63, 3.8) is 0 Å². The summed E-state index contributed by atoms with van der Waals surface area (Å²) in [5.74, 6) is 0. The van der Waals surface area contributed by atoms with Crippen molar-refractivity contribution in [3.8, 4) is 0 Å². The van der Waals surface area contributed by atoms with Gasteiger partial charge in [-0.2, -0.15) is 0 Å². The van der Waals surface area contributed by atoms with Gasteiger partial charge in [-0.05, 0) is 36.6 Å². The number of nitrogens with zero attached hydrogens (tertiary/aromatic N) is 1. The summed E-state index contributed by atoms with van der Waals surface area (Å²) >= 11 is 9.55. The van der Waals surface area contributed by atoms with Gasteiger partial charge in [0.15, 0.2) is 0 Å². The zero-order valence-electron chi connectivity index (χ0n) is 10.5. The van der Waals surface area contributed by atoms with Crippen molar-refractivity contribution in [1.29, 1.82) is 0 Å². The zero-order valence-corrected chi connectivity index (χ0v) is 12.8. The Balaban J connectivity index is 1.88. The summed E-state index contributed by atoms with van der Waals surface area (Å²) in [6, 6.07) is 5.66. The van der Waals surface area contributed by atoms with Crippen LogP contribution in [0.1, 0.15) is 31.2 Å². The molecule has 2 fully saturated rings. The Morgan fingerprint density at radius 1 is 1.37 bits per heavy atom. The topological polar surface area (TPSA) is 29.5 Å². The minimum Gasteiger partial charge on any atom is -0.447 e. The molecule has 1 heterocycles. The molecule has 1 aliphatic heterocycles. The monoisotopic (exact) mass is 343 g/mol. The SMILES string of the molecule is O=C1OCC2(CCCC2)N1Cc1cc(Cl)ccc1Br. The van der Waals surface area contributed by atoms with Crippen LogP contribution < -0.4 is 0 Å².